The maximum Gasteiger partial charge on any atom is 0.147 e. The van der Waals surface area contributed by atoms with Gasteiger partial charge in [0.25, 0.3) is 0 Å². The molecule has 1 rings (SSSR count). The lowest BCUT2D eigenvalue weighted by molar-refractivity contribution is 0.282. The van der Waals surface area contributed by atoms with Crippen LogP contribution in [0.5, 0.6) is 0 Å². The van der Waals surface area contributed by atoms with E-state index in [0.29, 0.717) is 17.7 Å². The lowest BCUT2D eigenvalue weighted by Gasteiger charge is -2.15. The first kappa shape index (κ1) is 12.5. The molecule has 0 spiro atoms. The fourth-order valence-corrected chi connectivity index (χ4v) is 1.44. The zero-order chi connectivity index (χ0) is 12.0. The molecule has 1 aromatic rings. The third kappa shape index (κ3) is 3.52. The molecule has 16 heavy (non-hydrogen) atoms. The van der Waals surface area contributed by atoms with Gasteiger partial charge in [-0.15, -0.1) is 0 Å². The highest BCUT2D eigenvalue weighted by Crippen LogP contribution is 2.17. The van der Waals surface area contributed by atoms with Crippen LogP contribution < -0.4 is 5.32 Å². The Labute approximate surface area is 94.5 Å². The zero-order valence-electron chi connectivity index (χ0n) is 9.20. The van der Waals surface area contributed by atoms with Gasteiger partial charge < -0.3 is 10.4 Å². The Hall–Kier alpha value is -1.60. The SMILES string of the molecule is CC(CCCO)Nc1ccc(C#N)cc1F. The fraction of sp³-hybridized carbons (Fsp3) is 0.417. The number of hydrogen-bond donors (Lipinski definition) is 2. The number of rotatable bonds is 5. The van der Waals surface area contributed by atoms with E-state index >= 15 is 0 Å². The molecule has 0 saturated heterocycles. The molecule has 86 valence electrons. The molecule has 1 unspecified atom stereocenters. The molecule has 0 bridgehead atoms. The van der Waals surface area contributed by atoms with Crippen LogP contribution >= 0.6 is 0 Å². The maximum absolute atomic E-state index is 13.5. The van der Waals surface area contributed by atoms with Crippen LogP contribution in [0.15, 0.2) is 18.2 Å². The molecule has 0 heterocycles. The molecule has 0 fully saturated rings. The van der Waals surface area contributed by atoms with Crippen molar-refractivity contribution >= 4 is 5.69 Å². The van der Waals surface area contributed by atoms with Gasteiger partial charge in [0.05, 0.1) is 17.3 Å². The van der Waals surface area contributed by atoms with Crippen LogP contribution in [0.1, 0.15) is 25.3 Å². The van der Waals surface area contributed by atoms with Crippen LogP contribution in [0, 0.1) is 17.1 Å². The number of aliphatic hydroxyl groups excluding tert-OH is 1. The maximum atomic E-state index is 13.5. The van der Waals surface area contributed by atoms with Crippen molar-refractivity contribution in [3.63, 3.8) is 0 Å². The Morgan fingerprint density at radius 3 is 2.88 bits per heavy atom. The summed E-state index contributed by atoms with van der Waals surface area (Å²) < 4.78 is 13.5. The van der Waals surface area contributed by atoms with Gasteiger partial charge in [0, 0.05) is 12.6 Å². The number of nitrogens with zero attached hydrogens (tertiary/aromatic N) is 1. The van der Waals surface area contributed by atoms with E-state index in [1.165, 1.54) is 6.07 Å². The van der Waals surface area contributed by atoms with Gasteiger partial charge in [-0.1, -0.05) is 0 Å². The predicted octanol–water partition coefficient (Wildman–Crippen LogP) is 2.27. The number of anilines is 1. The first-order valence-electron chi connectivity index (χ1n) is 5.24. The van der Waals surface area contributed by atoms with E-state index in [-0.39, 0.29) is 12.6 Å². The van der Waals surface area contributed by atoms with Crippen LogP contribution in [-0.2, 0) is 0 Å². The summed E-state index contributed by atoms with van der Waals surface area (Å²) in [5, 5.41) is 20.3. The molecule has 0 radical (unpaired) electrons. The molecular formula is C12H15FN2O. The van der Waals surface area contributed by atoms with E-state index in [0.717, 1.165) is 6.42 Å². The molecule has 4 heteroatoms. The zero-order valence-corrected chi connectivity index (χ0v) is 9.20. The summed E-state index contributed by atoms with van der Waals surface area (Å²) in [7, 11) is 0. The average molecular weight is 222 g/mol. The van der Waals surface area contributed by atoms with Gasteiger partial charge in [-0.2, -0.15) is 5.26 Å². The minimum atomic E-state index is -0.421. The van der Waals surface area contributed by atoms with Crippen molar-refractivity contribution in [3.05, 3.63) is 29.6 Å². The molecule has 2 N–H and O–H groups in total. The molecule has 0 aliphatic heterocycles. The van der Waals surface area contributed by atoms with Crippen LogP contribution in [0.3, 0.4) is 0 Å². The summed E-state index contributed by atoms with van der Waals surface area (Å²) in [5.41, 5.74) is 0.704. The fourth-order valence-electron chi connectivity index (χ4n) is 1.44. The lowest BCUT2D eigenvalue weighted by atomic mass is 10.1. The van der Waals surface area contributed by atoms with E-state index in [1.54, 1.807) is 12.1 Å². The summed E-state index contributed by atoms with van der Waals surface area (Å²) >= 11 is 0. The minimum Gasteiger partial charge on any atom is -0.396 e. The number of nitrogens with one attached hydrogen (secondary N) is 1. The second kappa shape index (κ2) is 6.09. The number of halogens is 1. The van der Waals surface area contributed by atoms with E-state index in [4.69, 9.17) is 10.4 Å². The molecule has 0 aliphatic rings. The van der Waals surface area contributed by atoms with Crippen molar-refractivity contribution in [3.8, 4) is 6.07 Å². The second-order valence-corrected chi connectivity index (χ2v) is 3.72. The summed E-state index contributed by atoms with van der Waals surface area (Å²) in [6, 6.07) is 6.32. The monoisotopic (exact) mass is 222 g/mol. The van der Waals surface area contributed by atoms with E-state index in [1.807, 2.05) is 13.0 Å². The number of benzene rings is 1. The van der Waals surface area contributed by atoms with Gasteiger partial charge in [0.2, 0.25) is 0 Å². The molecular weight excluding hydrogens is 207 g/mol. The molecule has 0 saturated carbocycles. The summed E-state index contributed by atoms with van der Waals surface area (Å²) in [5.74, 6) is -0.421. The van der Waals surface area contributed by atoms with Crippen LogP contribution in [0.4, 0.5) is 10.1 Å². The molecule has 0 aromatic heterocycles. The third-order valence-electron chi connectivity index (χ3n) is 2.30. The summed E-state index contributed by atoms with van der Waals surface area (Å²) in [6.07, 6.45) is 1.46. The Kier molecular flexibility index (Phi) is 4.74. The van der Waals surface area contributed by atoms with Crippen molar-refractivity contribution in [1.82, 2.24) is 0 Å². The minimum absolute atomic E-state index is 0.0922. The quantitative estimate of drug-likeness (QED) is 0.803. The van der Waals surface area contributed by atoms with Crippen molar-refractivity contribution < 1.29 is 9.50 Å². The standard InChI is InChI=1S/C12H15FN2O/c1-9(3-2-6-16)15-12-5-4-10(8-14)7-11(12)13/h4-5,7,9,15-16H,2-3,6H2,1H3. The topological polar surface area (TPSA) is 56.0 Å². The first-order chi connectivity index (χ1) is 7.67. The van der Waals surface area contributed by atoms with E-state index in [9.17, 15) is 4.39 Å². The van der Waals surface area contributed by atoms with Crippen LogP contribution in [0.2, 0.25) is 0 Å². The van der Waals surface area contributed by atoms with Crippen LogP contribution in [-0.4, -0.2) is 17.8 Å². The van der Waals surface area contributed by atoms with Crippen molar-refractivity contribution in [1.29, 1.82) is 5.26 Å². The van der Waals surface area contributed by atoms with Gasteiger partial charge in [-0.25, -0.2) is 4.39 Å². The van der Waals surface area contributed by atoms with Gasteiger partial charge in [0.1, 0.15) is 5.82 Å². The molecule has 0 amide bonds. The van der Waals surface area contributed by atoms with Crippen molar-refractivity contribution in [2.24, 2.45) is 0 Å². The average Bonchev–Trinajstić information content (AvgIpc) is 2.29. The Balaban J connectivity index is 2.64. The summed E-state index contributed by atoms with van der Waals surface area (Å²) in [6.45, 7) is 2.06. The molecule has 3 nitrogen and oxygen atoms in total. The van der Waals surface area contributed by atoms with Gasteiger partial charge in [0.15, 0.2) is 0 Å². The molecule has 1 atom stereocenters. The first-order valence-corrected chi connectivity index (χ1v) is 5.24. The van der Waals surface area contributed by atoms with Crippen molar-refractivity contribution in [2.75, 3.05) is 11.9 Å². The van der Waals surface area contributed by atoms with E-state index in [2.05, 4.69) is 5.32 Å². The van der Waals surface area contributed by atoms with Gasteiger partial charge >= 0.3 is 0 Å². The van der Waals surface area contributed by atoms with E-state index < -0.39 is 5.82 Å². The lowest BCUT2D eigenvalue weighted by Crippen LogP contribution is -2.16. The highest BCUT2D eigenvalue weighted by Gasteiger charge is 2.06. The number of nitriles is 1. The summed E-state index contributed by atoms with van der Waals surface area (Å²) in [4.78, 5) is 0. The highest BCUT2D eigenvalue weighted by molar-refractivity contribution is 5.49. The Bertz CT molecular complexity index is 387. The van der Waals surface area contributed by atoms with Gasteiger partial charge in [-0.05, 0) is 38.0 Å². The predicted molar refractivity (Wildman–Crippen MR) is 60.5 cm³/mol. The van der Waals surface area contributed by atoms with Gasteiger partial charge in [-0.3, -0.25) is 0 Å². The Morgan fingerprint density at radius 2 is 2.31 bits per heavy atom. The number of aliphatic hydroxyl groups is 1. The highest BCUT2D eigenvalue weighted by atomic mass is 19.1. The largest absolute Gasteiger partial charge is 0.396 e. The number of hydrogen-bond acceptors (Lipinski definition) is 3. The molecule has 0 aliphatic carbocycles. The van der Waals surface area contributed by atoms with Crippen molar-refractivity contribution in [2.45, 2.75) is 25.8 Å². The second-order valence-electron chi connectivity index (χ2n) is 3.72. The Morgan fingerprint density at radius 1 is 1.56 bits per heavy atom. The third-order valence-corrected chi connectivity index (χ3v) is 2.30. The normalized spacial score (nSPS) is 11.9. The smallest absolute Gasteiger partial charge is 0.147 e. The molecule has 1 aromatic carbocycles. The van der Waals surface area contributed by atoms with Crippen LogP contribution in [0.25, 0.3) is 0 Å².